The second kappa shape index (κ2) is 6.26. The van der Waals surface area contributed by atoms with Crippen LogP contribution < -0.4 is 10.6 Å². The number of benzene rings is 1. The van der Waals surface area contributed by atoms with Gasteiger partial charge >= 0.3 is 0 Å². The number of carbonyl (C=O) groups excluding carboxylic acids is 2. The van der Waals surface area contributed by atoms with Crippen molar-refractivity contribution >= 4 is 11.8 Å². The van der Waals surface area contributed by atoms with Gasteiger partial charge in [0.2, 0.25) is 11.8 Å². The van der Waals surface area contributed by atoms with Crippen molar-refractivity contribution in [2.75, 3.05) is 26.2 Å². The quantitative estimate of drug-likeness (QED) is 0.837. The van der Waals surface area contributed by atoms with Gasteiger partial charge in [0.15, 0.2) is 0 Å². The van der Waals surface area contributed by atoms with Gasteiger partial charge in [-0.1, -0.05) is 30.3 Å². The molecule has 0 spiro atoms. The molecule has 1 saturated carbocycles. The van der Waals surface area contributed by atoms with Crippen molar-refractivity contribution < 1.29 is 9.59 Å². The maximum atomic E-state index is 12.4. The van der Waals surface area contributed by atoms with Crippen LogP contribution in [0.3, 0.4) is 0 Å². The first-order chi connectivity index (χ1) is 10.3. The van der Waals surface area contributed by atoms with Crippen LogP contribution in [0.25, 0.3) is 0 Å². The zero-order valence-corrected chi connectivity index (χ0v) is 12.0. The van der Waals surface area contributed by atoms with Gasteiger partial charge in [0.05, 0.1) is 6.54 Å². The minimum Gasteiger partial charge on any atom is -0.352 e. The van der Waals surface area contributed by atoms with Crippen molar-refractivity contribution in [1.29, 1.82) is 0 Å². The number of nitrogens with one attached hydrogen (secondary N) is 2. The number of hydrogen-bond donors (Lipinski definition) is 2. The van der Waals surface area contributed by atoms with Crippen molar-refractivity contribution in [1.82, 2.24) is 15.5 Å². The lowest BCUT2D eigenvalue weighted by atomic mass is 10.0. The Balaban J connectivity index is 1.67. The van der Waals surface area contributed by atoms with Gasteiger partial charge in [0.25, 0.3) is 0 Å². The Morgan fingerprint density at radius 2 is 2.05 bits per heavy atom. The van der Waals surface area contributed by atoms with Crippen molar-refractivity contribution in [3.63, 3.8) is 0 Å². The molecule has 1 heterocycles. The van der Waals surface area contributed by atoms with Gasteiger partial charge in [0.1, 0.15) is 6.04 Å². The van der Waals surface area contributed by atoms with E-state index in [1.807, 2.05) is 30.3 Å². The summed E-state index contributed by atoms with van der Waals surface area (Å²) in [6, 6.07) is 8.99. The van der Waals surface area contributed by atoms with E-state index >= 15 is 0 Å². The third kappa shape index (κ3) is 3.42. The lowest BCUT2D eigenvalue weighted by molar-refractivity contribution is -0.142. The zero-order chi connectivity index (χ0) is 14.7. The molecule has 0 aromatic heterocycles. The van der Waals surface area contributed by atoms with E-state index in [-0.39, 0.29) is 11.8 Å². The van der Waals surface area contributed by atoms with Crippen LogP contribution in [-0.2, 0) is 9.59 Å². The molecule has 2 amide bonds. The van der Waals surface area contributed by atoms with Crippen LogP contribution in [0.2, 0.25) is 0 Å². The molecular formula is C16H21N3O2. The topological polar surface area (TPSA) is 61.4 Å². The fraction of sp³-hybridized carbons (Fsp3) is 0.500. The number of rotatable bonds is 5. The summed E-state index contributed by atoms with van der Waals surface area (Å²) in [4.78, 5) is 26.3. The summed E-state index contributed by atoms with van der Waals surface area (Å²) in [6.07, 6.45) is 2.53. The highest BCUT2D eigenvalue weighted by molar-refractivity contribution is 5.90. The van der Waals surface area contributed by atoms with Crippen LogP contribution in [0.4, 0.5) is 0 Å². The molecular weight excluding hydrogens is 266 g/mol. The van der Waals surface area contributed by atoms with Gasteiger partial charge in [0, 0.05) is 13.1 Å². The van der Waals surface area contributed by atoms with E-state index in [0.29, 0.717) is 19.6 Å². The number of piperazine rings is 1. The zero-order valence-electron chi connectivity index (χ0n) is 12.0. The molecule has 2 fully saturated rings. The number of amides is 2. The first-order valence-electron chi connectivity index (χ1n) is 7.58. The highest BCUT2D eigenvalue weighted by atomic mass is 16.2. The fourth-order valence-corrected chi connectivity index (χ4v) is 2.71. The van der Waals surface area contributed by atoms with E-state index in [1.54, 1.807) is 4.90 Å². The van der Waals surface area contributed by atoms with Gasteiger partial charge in [-0.25, -0.2) is 0 Å². The van der Waals surface area contributed by atoms with Gasteiger partial charge < -0.3 is 15.5 Å². The van der Waals surface area contributed by atoms with Crippen LogP contribution in [0.15, 0.2) is 30.3 Å². The molecule has 0 radical (unpaired) electrons. The van der Waals surface area contributed by atoms with Gasteiger partial charge in [-0.05, 0) is 30.9 Å². The largest absolute Gasteiger partial charge is 0.352 e. The Morgan fingerprint density at radius 1 is 1.29 bits per heavy atom. The predicted octanol–water partition coefficient (Wildman–Crippen LogP) is 0.686. The highest BCUT2D eigenvalue weighted by Crippen LogP contribution is 2.27. The SMILES string of the molecule is O=C1NCCN(C(=O)CNCC2CC2)C1c1ccccc1. The first-order valence-corrected chi connectivity index (χ1v) is 7.58. The molecule has 0 bridgehead atoms. The van der Waals surface area contributed by atoms with Crippen LogP contribution in [0.5, 0.6) is 0 Å². The molecule has 5 nitrogen and oxygen atoms in total. The average Bonchev–Trinajstić information content (AvgIpc) is 3.32. The normalized spacial score (nSPS) is 22.0. The molecule has 1 saturated heterocycles. The number of carbonyl (C=O) groups is 2. The van der Waals surface area contributed by atoms with Crippen molar-refractivity contribution in [3.05, 3.63) is 35.9 Å². The predicted molar refractivity (Wildman–Crippen MR) is 79.5 cm³/mol. The lowest BCUT2D eigenvalue weighted by Crippen LogP contribution is -2.54. The maximum Gasteiger partial charge on any atom is 0.247 e. The molecule has 3 rings (SSSR count). The number of nitrogens with zero attached hydrogens (tertiary/aromatic N) is 1. The Bertz CT molecular complexity index is 514. The van der Waals surface area contributed by atoms with E-state index in [1.165, 1.54) is 12.8 Å². The van der Waals surface area contributed by atoms with Crippen LogP contribution >= 0.6 is 0 Å². The Labute approximate surface area is 124 Å². The molecule has 5 heteroatoms. The fourth-order valence-electron chi connectivity index (χ4n) is 2.71. The van der Waals surface area contributed by atoms with Crippen LogP contribution in [0.1, 0.15) is 24.4 Å². The lowest BCUT2D eigenvalue weighted by Gasteiger charge is -2.35. The third-order valence-corrected chi connectivity index (χ3v) is 4.05. The second-order valence-electron chi connectivity index (χ2n) is 5.77. The van der Waals surface area contributed by atoms with Gasteiger partial charge in [-0.2, -0.15) is 0 Å². The standard InChI is InChI=1S/C16H21N3O2/c20-14(11-17-10-12-6-7-12)19-9-8-18-16(21)15(19)13-4-2-1-3-5-13/h1-5,12,15,17H,6-11H2,(H,18,21). The molecule has 1 atom stereocenters. The molecule has 2 aliphatic rings. The Hall–Kier alpha value is -1.88. The van der Waals surface area contributed by atoms with Crippen molar-refractivity contribution in [2.24, 2.45) is 5.92 Å². The van der Waals surface area contributed by atoms with Gasteiger partial charge in [-0.3, -0.25) is 9.59 Å². The molecule has 112 valence electrons. The molecule has 1 aromatic carbocycles. The molecule has 21 heavy (non-hydrogen) atoms. The summed E-state index contributed by atoms with van der Waals surface area (Å²) in [5, 5.41) is 6.05. The molecule has 1 aliphatic heterocycles. The minimum atomic E-state index is -0.504. The van der Waals surface area contributed by atoms with E-state index in [9.17, 15) is 9.59 Å². The summed E-state index contributed by atoms with van der Waals surface area (Å²) in [6.45, 7) is 2.31. The van der Waals surface area contributed by atoms with Gasteiger partial charge in [-0.15, -0.1) is 0 Å². The molecule has 1 aliphatic carbocycles. The molecule has 2 N–H and O–H groups in total. The van der Waals surface area contributed by atoms with Crippen LogP contribution in [-0.4, -0.2) is 42.9 Å². The smallest absolute Gasteiger partial charge is 0.247 e. The minimum absolute atomic E-state index is 0.000599. The van der Waals surface area contributed by atoms with E-state index in [4.69, 9.17) is 0 Å². The molecule has 1 unspecified atom stereocenters. The summed E-state index contributed by atoms with van der Waals surface area (Å²) in [7, 11) is 0. The first kappa shape index (κ1) is 14.1. The Kier molecular flexibility index (Phi) is 4.20. The summed E-state index contributed by atoms with van der Waals surface area (Å²) in [5.41, 5.74) is 0.866. The molecule has 1 aromatic rings. The third-order valence-electron chi connectivity index (χ3n) is 4.05. The van der Waals surface area contributed by atoms with Crippen molar-refractivity contribution in [3.8, 4) is 0 Å². The number of hydrogen-bond acceptors (Lipinski definition) is 3. The maximum absolute atomic E-state index is 12.4. The average molecular weight is 287 g/mol. The Morgan fingerprint density at radius 3 is 2.76 bits per heavy atom. The van der Waals surface area contributed by atoms with E-state index < -0.39 is 6.04 Å². The van der Waals surface area contributed by atoms with Crippen molar-refractivity contribution in [2.45, 2.75) is 18.9 Å². The summed E-state index contributed by atoms with van der Waals surface area (Å²) in [5.74, 6) is 0.648. The summed E-state index contributed by atoms with van der Waals surface area (Å²) >= 11 is 0. The van der Waals surface area contributed by atoms with Crippen LogP contribution in [0, 0.1) is 5.92 Å². The second-order valence-corrected chi connectivity index (χ2v) is 5.77. The highest BCUT2D eigenvalue weighted by Gasteiger charge is 2.34. The summed E-state index contributed by atoms with van der Waals surface area (Å²) < 4.78 is 0. The van der Waals surface area contributed by atoms with E-state index in [2.05, 4.69) is 10.6 Å². The monoisotopic (exact) mass is 287 g/mol. The van der Waals surface area contributed by atoms with E-state index in [0.717, 1.165) is 18.0 Å².